The van der Waals surface area contributed by atoms with Crippen molar-refractivity contribution in [3.05, 3.63) is 132 Å². The van der Waals surface area contributed by atoms with Crippen molar-refractivity contribution in [3.8, 4) is 0 Å². The zero-order valence-corrected chi connectivity index (χ0v) is 30.4. The van der Waals surface area contributed by atoms with Gasteiger partial charge in [-0.05, 0) is 47.2 Å². The van der Waals surface area contributed by atoms with E-state index in [2.05, 4.69) is 15.3 Å². The number of carbonyl (C=O) groups excluding carboxylic acids is 4. The molecule has 2 aliphatic rings. The molecule has 13 heteroatoms. The summed E-state index contributed by atoms with van der Waals surface area (Å²) in [6.07, 6.45) is 0.891. The number of amides is 3. The van der Waals surface area contributed by atoms with Gasteiger partial charge in [0.25, 0.3) is 5.91 Å². The third-order valence-electron chi connectivity index (χ3n) is 9.57. The second-order valence-electron chi connectivity index (χ2n) is 13.7. The second-order valence-corrected chi connectivity index (χ2v) is 13.7. The molecule has 4 heterocycles. The molecule has 0 saturated carbocycles. The van der Waals surface area contributed by atoms with Crippen molar-refractivity contribution in [2.24, 2.45) is 17.8 Å². The van der Waals surface area contributed by atoms with Gasteiger partial charge < -0.3 is 34.8 Å². The maximum absolute atomic E-state index is 12.4. The normalized spacial score (nSPS) is 22.2. The maximum atomic E-state index is 12.4. The molecular weight excluding hydrogens is 690 g/mol. The Labute approximate surface area is 315 Å². The molecule has 2 aromatic heterocycles. The Morgan fingerprint density at radius 2 is 1.17 bits per heavy atom. The van der Waals surface area contributed by atoms with Crippen molar-refractivity contribution in [1.82, 2.24) is 25.1 Å². The van der Waals surface area contributed by atoms with E-state index in [1.807, 2.05) is 74.5 Å². The number of aromatic nitrogens is 2. The van der Waals surface area contributed by atoms with Crippen LogP contribution in [0.2, 0.25) is 0 Å². The molecule has 6 unspecified atom stereocenters. The van der Waals surface area contributed by atoms with Gasteiger partial charge in [0.1, 0.15) is 24.6 Å². The highest BCUT2D eigenvalue weighted by molar-refractivity contribution is 5.94. The number of β-amino-alcohol motifs (C(OH)–C–C–N with tert-alkyl or cyclic N) is 1. The summed E-state index contributed by atoms with van der Waals surface area (Å²) < 4.78 is 10.7. The van der Waals surface area contributed by atoms with Crippen molar-refractivity contribution in [3.63, 3.8) is 0 Å². The zero-order valence-electron chi connectivity index (χ0n) is 30.4. The van der Waals surface area contributed by atoms with E-state index in [1.165, 1.54) is 16.0 Å². The molecule has 284 valence electrons. The molecule has 6 rings (SSSR count). The number of hydrogen-bond acceptors (Lipinski definition) is 10. The summed E-state index contributed by atoms with van der Waals surface area (Å²) >= 11 is 0. The largest absolute Gasteiger partial charge is 0.445 e. The molecule has 0 radical (unpaired) electrons. The van der Waals surface area contributed by atoms with E-state index in [0.717, 1.165) is 11.1 Å². The molecule has 2 aliphatic heterocycles. The highest BCUT2D eigenvalue weighted by Crippen LogP contribution is 2.28. The number of aliphatic hydroxyl groups excluding tert-OH is 2. The first-order valence-electron chi connectivity index (χ1n) is 18.0. The summed E-state index contributed by atoms with van der Waals surface area (Å²) in [7, 11) is 0. The van der Waals surface area contributed by atoms with Gasteiger partial charge in [0.05, 0.1) is 24.8 Å². The van der Waals surface area contributed by atoms with Gasteiger partial charge in [0, 0.05) is 44.4 Å². The molecule has 3 amide bonds. The molecular formula is C41H47N5O8. The van der Waals surface area contributed by atoms with E-state index in [4.69, 9.17) is 9.47 Å². The average molecular weight is 738 g/mol. The number of piperidine rings is 2. The van der Waals surface area contributed by atoms with E-state index in [1.54, 1.807) is 42.6 Å². The number of benzene rings is 2. The Morgan fingerprint density at radius 1 is 0.667 bits per heavy atom. The van der Waals surface area contributed by atoms with E-state index in [0.29, 0.717) is 18.8 Å². The van der Waals surface area contributed by atoms with Gasteiger partial charge in [-0.3, -0.25) is 19.6 Å². The molecule has 0 aliphatic carbocycles. The van der Waals surface area contributed by atoms with Gasteiger partial charge in [-0.1, -0.05) is 86.6 Å². The summed E-state index contributed by atoms with van der Waals surface area (Å²) in [5.74, 6) is -0.904. The Bertz CT molecular complexity index is 1790. The fourth-order valence-corrected chi connectivity index (χ4v) is 6.54. The monoisotopic (exact) mass is 737 g/mol. The highest BCUT2D eigenvalue weighted by Gasteiger charge is 2.38. The molecule has 3 N–H and O–H groups in total. The highest BCUT2D eigenvalue weighted by atomic mass is 16.6. The Kier molecular flexibility index (Phi) is 14.2. The number of carbonyl (C=O) groups is 4. The number of ether oxygens (including phenoxy) is 2. The number of ketones is 1. The van der Waals surface area contributed by atoms with Gasteiger partial charge in [-0.2, -0.15) is 0 Å². The first-order valence-corrected chi connectivity index (χ1v) is 18.0. The van der Waals surface area contributed by atoms with Crippen LogP contribution in [0, 0.1) is 17.8 Å². The SMILES string of the molecule is CC1CN(C(=O)OCc2ccccc2)CC(NC(=O)c2ccccn2)C1O.CC1CN(C(=O)OCc2ccccc2)CC(O)C1CC(=O)c1ccccn1. The summed E-state index contributed by atoms with van der Waals surface area (Å²) in [6.45, 7) is 5.31. The van der Waals surface area contributed by atoms with E-state index >= 15 is 0 Å². The smallest absolute Gasteiger partial charge is 0.410 e. The lowest BCUT2D eigenvalue weighted by Gasteiger charge is -2.39. The number of hydrogen-bond donors (Lipinski definition) is 3. The number of nitrogens with one attached hydrogen (secondary N) is 1. The predicted molar refractivity (Wildman–Crippen MR) is 199 cm³/mol. The van der Waals surface area contributed by atoms with Crippen LogP contribution in [-0.2, 0) is 22.7 Å². The minimum absolute atomic E-state index is 0.0225. The van der Waals surface area contributed by atoms with Crippen LogP contribution in [0.15, 0.2) is 109 Å². The van der Waals surface area contributed by atoms with Crippen LogP contribution >= 0.6 is 0 Å². The summed E-state index contributed by atoms with van der Waals surface area (Å²) in [5, 5.41) is 23.7. The average Bonchev–Trinajstić information content (AvgIpc) is 3.20. The minimum atomic E-state index is -0.773. The van der Waals surface area contributed by atoms with Crippen molar-refractivity contribution < 1.29 is 38.9 Å². The lowest BCUT2D eigenvalue weighted by atomic mass is 9.81. The number of likely N-dealkylation sites (tertiary alicyclic amines) is 2. The van der Waals surface area contributed by atoms with Gasteiger partial charge in [-0.15, -0.1) is 0 Å². The Balaban J connectivity index is 0.000000208. The summed E-state index contributed by atoms with van der Waals surface area (Å²) in [6, 6.07) is 28.5. The van der Waals surface area contributed by atoms with Crippen molar-refractivity contribution in [2.45, 2.75) is 51.7 Å². The number of Topliss-reactive ketones (excluding diaryl/α,β-unsaturated/α-hetero) is 1. The lowest BCUT2D eigenvalue weighted by Crippen LogP contribution is -2.59. The first kappa shape index (κ1) is 39.5. The molecule has 13 nitrogen and oxygen atoms in total. The van der Waals surface area contributed by atoms with Gasteiger partial charge in [-0.25, -0.2) is 9.59 Å². The van der Waals surface area contributed by atoms with Gasteiger partial charge in [0.2, 0.25) is 0 Å². The topological polar surface area (TPSA) is 171 Å². The van der Waals surface area contributed by atoms with Crippen LogP contribution in [0.1, 0.15) is 52.4 Å². The van der Waals surface area contributed by atoms with Crippen LogP contribution in [0.25, 0.3) is 0 Å². The molecule has 0 bridgehead atoms. The Hall–Kier alpha value is -5.66. The van der Waals surface area contributed by atoms with Crippen LogP contribution in [0.3, 0.4) is 0 Å². The molecule has 2 saturated heterocycles. The molecule has 54 heavy (non-hydrogen) atoms. The van der Waals surface area contributed by atoms with E-state index in [-0.39, 0.29) is 67.9 Å². The number of rotatable bonds is 9. The van der Waals surface area contributed by atoms with Crippen molar-refractivity contribution >= 4 is 23.9 Å². The fourth-order valence-electron chi connectivity index (χ4n) is 6.54. The van der Waals surface area contributed by atoms with Crippen molar-refractivity contribution in [1.29, 1.82) is 0 Å². The summed E-state index contributed by atoms with van der Waals surface area (Å²) in [4.78, 5) is 60.6. The second kappa shape index (κ2) is 19.4. The summed E-state index contributed by atoms with van der Waals surface area (Å²) in [5.41, 5.74) is 2.48. The van der Waals surface area contributed by atoms with Crippen LogP contribution in [0.4, 0.5) is 9.59 Å². The quantitative estimate of drug-likeness (QED) is 0.204. The first-order chi connectivity index (χ1) is 26.1. The molecule has 2 fully saturated rings. The minimum Gasteiger partial charge on any atom is -0.445 e. The van der Waals surface area contributed by atoms with Crippen LogP contribution in [0.5, 0.6) is 0 Å². The third-order valence-corrected chi connectivity index (χ3v) is 9.57. The predicted octanol–water partition coefficient (Wildman–Crippen LogP) is 4.75. The molecule has 2 aromatic carbocycles. The fraction of sp³-hybridized carbons (Fsp3) is 0.366. The van der Waals surface area contributed by atoms with Crippen LogP contribution in [-0.4, -0.2) is 98.3 Å². The molecule has 4 aromatic rings. The number of nitrogens with zero attached hydrogens (tertiary/aromatic N) is 4. The van der Waals surface area contributed by atoms with Crippen molar-refractivity contribution in [2.75, 3.05) is 26.2 Å². The standard InChI is InChI=1S/C21H24N2O4.C20H23N3O4/c1-15-12-23(21(26)27-14-16-7-3-2-4-8-16)13-20(25)17(15)11-19(24)18-9-5-6-10-22-18;1-14-11-23(20(26)27-13-15-7-3-2-4-8-15)12-17(18(14)24)22-19(25)16-9-5-6-10-21-16/h2-10,15,17,20,25H,11-14H2,1H3;2-10,14,17-18,24H,11-13H2,1H3,(H,22,25). The lowest BCUT2D eigenvalue weighted by molar-refractivity contribution is -0.0131. The number of pyridine rings is 2. The maximum Gasteiger partial charge on any atom is 0.410 e. The van der Waals surface area contributed by atoms with Crippen LogP contribution < -0.4 is 5.32 Å². The van der Waals surface area contributed by atoms with E-state index < -0.39 is 30.4 Å². The zero-order chi connectivity index (χ0) is 38.5. The molecule has 6 atom stereocenters. The van der Waals surface area contributed by atoms with Gasteiger partial charge >= 0.3 is 12.2 Å². The number of aliphatic hydroxyl groups is 2. The Morgan fingerprint density at radius 3 is 1.69 bits per heavy atom. The van der Waals surface area contributed by atoms with Gasteiger partial charge in [0.15, 0.2) is 5.78 Å². The third kappa shape index (κ3) is 11.2. The molecule has 0 spiro atoms. The van der Waals surface area contributed by atoms with E-state index in [9.17, 15) is 29.4 Å².